The smallest absolute Gasteiger partial charge is 0.328 e. The second-order valence-electron chi connectivity index (χ2n) is 3.69. The fraction of sp³-hybridized carbons (Fsp3) is 0.778. The van der Waals surface area contributed by atoms with Gasteiger partial charge in [0.25, 0.3) is 0 Å². The molecule has 2 amide bonds. The number of hydrogen-bond acceptors (Lipinski definition) is 5. The molecule has 0 saturated heterocycles. The van der Waals surface area contributed by atoms with Gasteiger partial charge < -0.3 is 20.8 Å². The molecule has 4 N–H and O–H groups in total. The lowest BCUT2D eigenvalue weighted by atomic mass is 10.2. The van der Waals surface area contributed by atoms with Gasteiger partial charge in [0.05, 0.1) is 11.9 Å². The molecule has 0 radical (unpaired) electrons. The molecule has 0 unspecified atom stereocenters. The van der Waals surface area contributed by atoms with Gasteiger partial charge in [-0.2, -0.15) is 0 Å². The quantitative estimate of drug-likeness (QED) is 0.452. The van der Waals surface area contributed by atoms with E-state index in [2.05, 4.69) is 5.32 Å². The van der Waals surface area contributed by atoms with Gasteiger partial charge in [-0.1, -0.05) is 6.92 Å². The number of rotatable bonds is 7. The van der Waals surface area contributed by atoms with E-state index in [0.717, 1.165) is 0 Å². The Balaban J connectivity index is 4.16. The highest BCUT2D eigenvalue weighted by Crippen LogP contribution is 1.93. The predicted molar refractivity (Wildman–Crippen MR) is 64.0 cm³/mol. The summed E-state index contributed by atoms with van der Waals surface area (Å²) < 4.78 is 22.2. The Morgan fingerprint density at radius 1 is 1.33 bits per heavy atom. The van der Waals surface area contributed by atoms with E-state index in [4.69, 9.17) is 10.2 Å². The Labute approximate surface area is 105 Å². The minimum Gasteiger partial charge on any atom is -0.480 e. The van der Waals surface area contributed by atoms with Crippen molar-refractivity contribution in [2.75, 3.05) is 18.1 Å². The van der Waals surface area contributed by atoms with Gasteiger partial charge in [0.2, 0.25) is 0 Å². The highest BCUT2D eigenvalue weighted by molar-refractivity contribution is 7.91. The molecule has 8 nitrogen and oxygen atoms in total. The summed E-state index contributed by atoms with van der Waals surface area (Å²) in [5.74, 6) is -1.62. The fourth-order valence-corrected chi connectivity index (χ4v) is 1.75. The minimum absolute atomic E-state index is 0.0261. The van der Waals surface area contributed by atoms with Gasteiger partial charge in [0, 0.05) is 12.3 Å². The number of aliphatic hydroxyl groups is 1. The van der Waals surface area contributed by atoms with Gasteiger partial charge in [0.1, 0.15) is 0 Å². The molecule has 2 atom stereocenters. The number of carbonyl (C=O) groups is 2. The van der Waals surface area contributed by atoms with E-state index in [1.54, 1.807) is 0 Å². The highest BCUT2D eigenvalue weighted by atomic mass is 32.2. The maximum absolute atomic E-state index is 11.2. The molecule has 0 saturated carbocycles. The van der Waals surface area contributed by atoms with Gasteiger partial charge in [-0.05, 0) is 6.92 Å². The molecule has 106 valence electrons. The largest absolute Gasteiger partial charge is 0.480 e. The summed E-state index contributed by atoms with van der Waals surface area (Å²) in [6, 6.07) is -2.28. The first kappa shape index (κ1) is 16.6. The van der Waals surface area contributed by atoms with Crippen LogP contribution < -0.4 is 10.6 Å². The molecule has 0 aromatic heterocycles. The summed E-state index contributed by atoms with van der Waals surface area (Å²) in [5, 5.41) is 22.0. The number of carboxylic acids is 1. The maximum Gasteiger partial charge on any atom is 0.328 e. The molecule has 0 aliphatic rings. The average molecular weight is 282 g/mol. The molecular weight excluding hydrogens is 264 g/mol. The Bertz CT molecular complexity index is 392. The SMILES string of the molecule is CCS(=O)(=O)CCNC(=O)N[C@H](C(=O)O)[C@@H](C)O. The molecule has 0 rings (SSSR count). The third-order valence-electron chi connectivity index (χ3n) is 2.17. The van der Waals surface area contributed by atoms with Gasteiger partial charge in [-0.25, -0.2) is 18.0 Å². The molecule has 0 aromatic carbocycles. The number of sulfone groups is 1. The van der Waals surface area contributed by atoms with Gasteiger partial charge in [-0.3, -0.25) is 0 Å². The van der Waals surface area contributed by atoms with Crippen LogP contribution >= 0.6 is 0 Å². The first-order valence-electron chi connectivity index (χ1n) is 5.35. The second kappa shape index (κ2) is 7.17. The Kier molecular flexibility index (Phi) is 6.63. The monoisotopic (exact) mass is 282 g/mol. The first-order valence-corrected chi connectivity index (χ1v) is 7.17. The van der Waals surface area contributed by atoms with Crippen LogP contribution in [0.2, 0.25) is 0 Å². The van der Waals surface area contributed by atoms with Crippen LogP contribution in [0.5, 0.6) is 0 Å². The molecule has 0 fully saturated rings. The first-order chi connectivity index (χ1) is 8.19. The second-order valence-corrected chi connectivity index (χ2v) is 6.17. The fourth-order valence-electron chi connectivity index (χ4n) is 1.05. The van der Waals surface area contributed by atoms with E-state index in [1.165, 1.54) is 13.8 Å². The van der Waals surface area contributed by atoms with E-state index in [0.29, 0.717) is 0 Å². The number of urea groups is 1. The van der Waals surface area contributed by atoms with Crippen LogP contribution in [0.3, 0.4) is 0 Å². The third-order valence-corrected chi connectivity index (χ3v) is 3.88. The lowest BCUT2D eigenvalue weighted by Crippen LogP contribution is -2.51. The van der Waals surface area contributed by atoms with Crippen LogP contribution in [0.4, 0.5) is 4.79 Å². The van der Waals surface area contributed by atoms with E-state index >= 15 is 0 Å². The van der Waals surface area contributed by atoms with Crippen LogP contribution in [0.15, 0.2) is 0 Å². The number of nitrogens with one attached hydrogen (secondary N) is 2. The van der Waals surface area contributed by atoms with Crippen molar-refractivity contribution in [2.24, 2.45) is 0 Å². The summed E-state index contributed by atoms with van der Waals surface area (Å²) in [6.45, 7) is 2.60. The zero-order valence-electron chi connectivity index (χ0n) is 10.2. The van der Waals surface area contributed by atoms with E-state index in [1.807, 2.05) is 5.32 Å². The molecule has 0 heterocycles. The van der Waals surface area contributed by atoms with Crippen molar-refractivity contribution in [3.8, 4) is 0 Å². The van der Waals surface area contributed by atoms with E-state index in [-0.39, 0.29) is 18.1 Å². The molecular formula is C9H18N2O6S. The number of carbonyl (C=O) groups excluding carboxylic acids is 1. The maximum atomic E-state index is 11.2. The zero-order valence-corrected chi connectivity index (χ0v) is 11.0. The van der Waals surface area contributed by atoms with Crippen molar-refractivity contribution >= 4 is 21.8 Å². The topological polar surface area (TPSA) is 133 Å². The van der Waals surface area contributed by atoms with Crippen LogP contribution in [0.1, 0.15) is 13.8 Å². The van der Waals surface area contributed by atoms with Gasteiger partial charge >= 0.3 is 12.0 Å². The average Bonchev–Trinajstić information content (AvgIpc) is 2.24. The summed E-state index contributed by atoms with van der Waals surface area (Å²) in [6.07, 6.45) is -1.26. The van der Waals surface area contributed by atoms with Crippen LogP contribution in [-0.2, 0) is 14.6 Å². The zero-order chi connectivity index (χ0) is 14.3. The number of amides is 2. The summed E-state index contributed by atoms with van der Waals surface area (Å²) in [7, 11) is -3.18. The number of aliphatic carboxylic acids is 1. The standard InChI is InChI=1S/C9H18N2O6S/c1-3-18(16,17)5-4-10-9(15)11-7(6(2)12)8(13)14/h6-7,12H,3-5H2,1-2H3,(H,13,14)(H2,10,11,15)/t6-,7+/m1/s1. The third kappa shape index (κ3) is 6.40. The molecule has 18 heavy (non-hydrogen) atoms. The van der Waals surface area contributed by atoms with Gasteiger partial charge in [-0.15, -0.1) is 0 Å². The molecule has 0 aliphatic heterocycles. The Morgan fingerprint density at radius 2 is 1.89 bits per heavy atom. The minimum atomic E-state index is -3.18. The molecule has 0 aromatic rings. The lowest BCUT2D eigenvalue weighted by molar-refractivity contribution is -0.141. The van der Waals surface area contributed by atoms with Gasteiger partial charge in [0.15, 0.2) is 15.9 Å². The van der Waals surface area contributed by atoms with Crippen molar-refractivity contribution in [2.45, 2.75) is 26.0 Å². The summed E-state index contributed by atoms with van der Waals surface area (Å²) in [4.78, 5) is 21.9. The highest BCUT2D eigenvalue weighted by Gasteiger charge is 2.24. The predicted octanol–water partition coefficient (Wildman–Crippen LogP) is -1.45. The normalized spacial score (nSPS) is 14.6. The van der Waals surface area contributed by atoms with E-state index in [9.17, 15) is 18.0 Å². The van der Waals surface area contributed by atoms with Crippen molar-refractivity contribution in [1.82, 2.24) is 10.6 Å². The Hall–Kier alpha value is -1.35. The Morgan fingerprint density at radius 3 is 2.28 bits per heavy atom. The van der Waals surface area contributed by atoms with Crippen LogP contribution in [-0.4, -0.2) is 60.8 Å². The van der Waals surface area contributed by atoms with E-state index < -0.39 is 34.0 Å². The van der Waals surface area contributed by atoms with Crippen LogP contribution in [0, 0.1) is 0 Å². The molecule has 0 spiro atoms. The molecule has 0 bridgehead atoms. The number of aliphatic hydroxyl groups excluding tert-OH is 1. The van der Waals surface area contributed by atoms with Crippen molar-refractivity contribution < 1.29 is 28.2 Å². The number of carboxylic acid groups (broad SMARTS) is 1. The molecule has 0 aliphatic carbocycles. The van der Waals surface area contributed by atoms with Crippen molar-refractivity contribution in [3.63, 3.8) is 0 Å². The summed E-state index contributed by atoms with van der Waals surface area (Å²) >= 11 is 0. The van der Waals surface area contributed by atoms with Crippen LogP contribution in [0.25, 0.3) is 0 Å². The lowest BCUT2D eigenvalue weighted by Gasteiger charge is -2.17. The number of hydrogen-bond donors (Lipinski definition) is 4. The van der Waals surface area contributed by atoms with Crippen molar-refractivity contribution in [3.05, 3.63) is 0 Å². The molecule has 9 heteroatoms. The van der Waals surface area contributed by atoms with Crippen molar-refractivity contribution in [1.29, 1.82) is 0 Å². The summed E-state index contributed by atoms with van der Waals surface area (Å²) in [5.41, 5.74) is 0.